The van der Waals surface area contributed by atoms with Crippen LogP contribution in [-0.4, -0.2) is 9.97 Å². The van der Waals surface area contributed by atoms with Crippen molar-refractivity contribution in [3.63, 3.8) is 0 Å². The summed E-state index contributed by atoms with van der Waals surface area (Å²) in [5, 5.41) is 2.68. The fraction of sp³-hybridized carbons (Fsp3) is 0.111. The van der Waals surface area contributed by atoms with Crippen molar-refractivity contribution >= 4 is 11.3 Å². The van der Waals surface area contributed by atoms with Gasteiger partial charge in [-0.05, 0) is 6.07 Å². The van der Waals surface area contributed by atoms with E-state index in [2.05, 4.69) is 9.97 Å². The van der Waals surface area contributed by atoms with Gasteiger partial charge >= 0.3 is 0 Å². The van der Waals surface area contributed by atoms with Crippen molar-refractivity contribution in [2.45, 2.75) is 6.54 Å². The second kappa shape index (κ2) is 3.81. The zero-order chi connectivity index (χ0) is 9.97. The van der Waals surface area contributed by atoms with Gasteiger partial charge in [-0.2, -0.15) is 0 Å². The smallest absolute Gasteiger partial charge is 0.142 e. The van der Waals surface area contributed by atoms with Crippen LogP contribution in [0.4, 0.5) is 4.39 Å². The molecule has 0 radical (unpaired) electrons. The summed E-state index contributed by atoms with van der Waals surface area (Å²) in [5.41, 5.74) is 6.84. The average molecular weight is 209 g/mol. The van der Waals surface area contributed by atoms with Crippen LogP contribution >= 0.6 is 11.3 Å². The predicted octanol–water partition coefficient (Wildman–Crippen LogP) is 1.80. The molecule has 14 heavy (non-hydrogen) atoms. The zero-order valence-electron chi connectivity index (χ0n) is 7.27. The van der Waals surface area contributed by atoms with Gasteiger partial charge in [-0.3, -0.25) is 4.98 Å². The first-order chi connectivity index (χ1) is 6.79. The minimum absolute atomic E-state index is 0.357. The molecule has 0 bridgehead atoms. The van der Waals surface area contributed by atoms with E-state index in [1.165, 1.54) is 23.6 Å². The Morgan fingerprint density at radius 2 is 2.29 bits per heavy atom. The molecule has 2 aromatic rings. The van der Waals surface area contributed by atoms with Crippen molar-refractivity contribution in [2.24, 2.45) is 5.73 Å². The first-order valence-electron chi connectivity index (χ1n) is 4.05. The quantitative estimate of drug-likeness (QED) is 0.820. The lowest BCUT2D eigenvalue weighted by Crippen LogP contribution is -1.94. The highest BCUT2D eigenvalue weighted by molar-refractivity contribution is 7.09. The highest BCUT2D eigenvalue weighted by Crippen LogP contribution is 2.21. The summed E-state index contributed by atoms with van der Waals surface area (Å²) in [6.45, 7) is 0.410. The second-order valence-corrected chi connectivity index (χ2v) is 3.67. The maximum atomic E-state index is 12.8. The fourth-order valence-electron chi connectivity index (χ4n) is 1.09. The summed E-state index contributed by atoms with van der Waals surface area (Å²) in [4.78, 5) is 7.98. The first-order valence-corrected chi connectivity index (χ1v) is 4.93. The van der Waals surface area contributed by atoms with E-state index in [-0.39, 0.29) is 5.82 Å². The molecule has 2 heterocycles. The average Bonchev–Trinajstić information content (AvgIpc) is 2.66. The molecule has 72 valence electrons. The van der Waals surface area contributed by atoms with Crippen LogP contribution in [0, 0.1) is 5.82 Å². The molecular weight excluding hydrogens is 201 g/mol. The van der Waals surface area contributed by atoms with E-state index in [1.807, 2.05) is 5.38 Å². The van der Waals surface area contributed by atoms with Crippen LogP contribution in [-0.2, 0) is 6.54 Å². The summed E-state index contributed by atoms with van der Waals surface area (Å²) < 4.78 is 12.8. The Kier molecular flexibility index (Phi) is 2.51. The molecule has 0 saturated carbocycles. The highest BCUT2D eigenvalue weighted by Gasteiger charge is 2.04. The van der Waals surface area contributed by atoms with Gasteiger partial charge in [-0.15, -0.1) is 11.3 Å². The number of halogens is 1. The minimum Gasteiger partial charge on any atom is -0.325 e. The summed E-state index contributed by atoms with van der Waals surface area (Å²) in [7, 11) is 0. The predicted molar refractivity (Wildman–Crippen MR) is 53.2 cm³/mol. The molecule has 0 atom stereocenters. The molecule has 0 amide bonds. The number of hydrogen-bond acceptors (Lipinski definition) is 4. The third-order valence-electron chi connectivity index (χ3n) is 1.73. The Bertz CT molecular complexity index is 441. The van der Waals surface area contributed by atoms with Gasteiger partial charge in [0, 0.05) is 23.7 Å². The number of nitrogens with zero attached hydrogens (tertiary/aromatic N) is 2. The number of pyridine rings is 1. The van der Waals surface area contributed by atoms with E-state index < -0.39 is 0 Å². The normalized spacial score (nSPS) is 10.4. The van der Waals surface area contributed by atoms with Crippen molar-refractivity contribution in [1.29, 1.82) is 0 Å². The summed E-state index contributed by atoms with van der Waals surface area (Å²) in [5.74, 6) is -0.357. The maximum absolute atomic E-state index is 12.8. The maximum Gasteiger partial charge on any atom is 0.142 e. The Morgan fingerprint density at radius 1 is 1.43 bits per heavy atom. The van der Waals surface area contributed by atoms with Crippen LogP contribution in [0.15, 0.2) is 23.8 Å². The lowest BCUT2D eigenvalue weighted by atomic mass is 10.2. The zero-order valence-corrected chi connectivity index (χ0v) is 8.09. The van der Waals surface area contributed by atoms with Crippen LogP contribution < -0.4 is 5.73 Å². The van der Waals surface area contributed by atoms with Gasteiger partial charge in [-0.25, -0.2) is 9.37 Å². The number of aromatic nitrogens is 2. The molecule has 2 N–H and O–H groups in total. The third-order valence-corrected chi connectivity index (χ3v) is 2.60. The number of thiazole rings is 1. The van der Waals surface area contributed by atoms with Crippen molar-refractivity contribution < 1.29 is 4.39 Å². The van der Waals surface area contributed by atoms with Crippen LogP contribution in [0.2, 0.25) is 0 Å². The Labute approximate surface area is 84.4 Å². The van der Waals surface area contributed by atoms with Crippen molar-refractivity contribution in [3.05, 3.63) is 34.7 Å². The van der Waals surface area contributed by atoms with E-state index in [0.717, 1.165) is 10.7 Å². The van der Waals surface area contributed by atoms with Gasteiger partial charge in [0.25, 0.3) is 0 Å². The molecule has 0 spiro atoms. The number of nitrogens with two attached hydrogens (primary N) is 1. The summed E-state index contributed by atoms with van der Waals surface area (Å²) in [6.07, 6.45) is 2.75. The Balaban J connectivity index is 2.39. The molecule has 3 nitrogen and oxygen atoms in total. The van der Waals surface area contributed by atoms with Crippen LogP contribution in [0.25, 0.3) is 11.3 Å². The molecular formula is C9H8FN3S. The molecule has 0 aliphatic heterocycles. The standard InChI is InChI=1S/C9H8FN3S/c10-7-1-6(3-12-4-7)8-5-14-9(2-11)13-8/h1,3-5H,2,11H2. The molecule has 2 rings (SSSR count). The lowest BCUT2D eigenvalue weighted by molar-refractivity contribution is 0.622. The minimum atomic E-state index is -0.357. The molecule has 0 fully saturated rings. The number of rotatable bonds is 2. The molecule has 0 aromatic carbocycles. The van der Waals surface area contributed by atoms with Gasteiger partial charge < -0.3 is 5.73 Å². The van der Waals surface area contributed by atoms with Gasteiger partial charge in [0.2, 0.25) is 0 Å². The number of hydrogen-bond donors (Lipinski definition) is 1. The lowest BCUT2D eigenvalue weighted by Gasteiger charge is -1.94. The summed E-state index contributed by atoms with van der Waals surface area (Å²) in [6, 6.07) is 1.41. The molecule has 0 aliphatic carbocycles. The highest BCUT2D eigenvalue weighted by atomic mass is 32.1. The monoisotopic (exact) mass is 209 g/mol. The third kappa shape index (κ3) is 1.78. The van der Waals surface area contributed by atoms with Gasteiger partial charge in [0.15, 0.2) is 0 Å². The SMILES string of the molecule is NCc1nc(-c2cncc(F)c2)cs1. The van der Waals surface area contributed by atoms with E-state index in [4.69, 9.17) is 5.73 Å². The molecule has 0 saturated heterocycles. The van der Waals surface area contributed by atoms with E-state index >= 15 is 0 Å². The van der Waals surface area contributed by atoms with Gasteiger partial charge in [-0.1, -0.05) is 0 Å². The van der Waals surface area contributed by atoms with E-state index in [1.54, 1.807) is 6.20 Å². The molecule has 0 unspecified atom stereocenters. The second-order valence-electron chi connectivity index (χ2n) is 2.72. The topological polar surface area (TPSA) is 51.8 Å². The van der Waals surface area contributed by atoms with Gasteiger partial charge in [0.1, 0.15) is 10.8 Å². The van der Waals surface area contributed by atoms with Crippen molar-refractivity contribution in [2.75, 3.05) is 0 Å². The largest absolute Gasteiger partial charge is 0.325 e. The Hall–Kier alpha value is -1.33. The van der Waals surface area contributed by atoms with Crippen molar-refractivity contribution in [3.8, 4) is 11.3 Å². The van der Waals surface area contributed by atoms with E-state index in [9.17, 15) is 4.39 Å². The molecule has 5 heteroatoms. The van der Waals surface area contributed by atoms with Crippen LogP contribution in [0.3, 0.4) is 0 Å². The Morgan fingerprint density at radius 3 is 2.93 bits per heavy atom. The van der Waals surface area contributed by atoms with Crippen LogP contribution in [0.5, 0.6) is 0 Å². The van der Waals surface area contributed by atoms with E-state index in [0.29, 0.717) is 12.1 Å². The molecule has 0 aliphatic rings. The fourth-order valence-corrected chi connectivity index (χ4v) is 1.77. The van der Waals surface area contributed by atoms with Crippen molar-refractivity contribution in [1.82, 2.24) is 9.97 Å². The molecule has 2 aromatic heterocycles. The summed E-state index contributed by atoms with van der Waals surface area (Å²) >= 11 is 1.46. The van der Waals surface area contributed by atoms with Crippen LogP contribution in [0.1, 0.15) is 5.01 Å². The van der Waals surface area contributed by atoms with Gasteiger partial charge in [0.05, 0.1) is 11.9 Å². The first kappa shape index (κ1) is 9.23.